The Kier molecular flexibility index (Phi) is 6.13. The molecule has 1 N–H and O–H groups in total. The molecule has 8 heteroatoms. The number of aromatic nitrogens is 2. The van der Waals surface area contributed by atoms with Crippen molar-refractivity contribution in [1.29, 1.82) is 0 Å². The summed E-state index contributed by atoms with van der Waals surface area (Å²) in [4.78, 5) is 22.1. The summed E-state index contributed by atoms with van der Waals surface area (Å²) in [5.74, 6) is 0.291. The van der Waals surface area contributed by atoms with E-state index in [0.29, 0.717) is 33.6 Å². The molecule has 0 saturated heterocycles. The van der Waals surface area contributed by atoms with Crippen LogP contribution in [-0.2, 0) is 4.74 Å². The summed E-state index contributed by atoms with van der Waals surface area (Å²) >= 11 is 1.27. The second kappa shape index (κ2) is 8.95. The normalized spacial score (nSPS) is 14.6. The number of ether oxygens (including phenoxy) is 2. The van der Waals surface area contributed by atoms with Crippen LogP contribution < -0.4 is 10.1 Å². The third kappa shape index (κ3) is 4.23. The molecule has 2 aromatic heterocycles. The monoisotopic (exact) mass is 429 g/mol. The summed E-state index contributed by atoms with van der Waals surface area (Å²) in [6, 6.07) is 4.44. The number of hydrogen-bond donors (Lipinski definition) is 1. The highest BCUT2D eigenvalue weighted by atomic mass is 32.1. The molecule has 0 unspecified atom stereocenters. The lowest BCUT2D eigenvalue weighted by Gasteiger charge is -2.24. The Hall–Kier alpha value is -2.74. The van der Waals surface area contributed by atoms with Crippen molar-refractivity contribution in [2.45, 2.75) is 52.1 Å². The standard InChI is InChI=1S/C22H24FN3O3S/c1-3-28-22(27)19-13(2)18-20(24-12-25-21(18)30-19)26-16-10-9-14(23)11-17(16)29-15-7-5-4-6-8-15/h9-12,15H,3-8H2,1-2H3,(H,24,25,26). The van der Waals surface area contributed by atoms with E-state index in [1.807, 2.05) is 6.92 Å². The molecule has 0 radical (unpaired) electrons. The number of benzene rings is 1. The molecule has 158 valence electrons. The molecule has 4 rings (SSSR count). The molecule has 1 saturated carbocycles. The lowest BCUT2D eigenvalue weighted by Crippen LogP contribution is -2.20. The van der Waals surface area contributed by atoms with E-state index >= 15 is 0 Å². The van der Waals surface area contributed by atoms with Gasteiger partial charge in [-0.15, -0.1) is 11.3 Å². The Balaban J connectivity index is 1.68. The molecular weight excluding hydrogens is 405 g/mol. The van der Waals surface area contributed by atoms with Gasteiger partial charge in [0.05, 0.1) is 23.8 Å². The number of esters is 1. The maximum absolute atomic E-state index is 13.9. The Morgan fingerprint density at radius 2 is 2.07 bits per heavy atom. The quantitative estimate of drug-likeness (QED) is 0.502. The van der Waals surface area contributed by atoms with Crippen LogP contribution in [0.3, 0.4) is 0 Å². The number of thiophene rings is 1. The van der Waals surface area contributed by atoms with Gasteiger partial charge in [0.2, 0.25) is 0 Å². The van der Waals surface area contributed by atoms with Gasteiger partial charge in [-0.1, -0.05) is 6.42 Å². The second-order valence-electron chi connectivity index (χ2n) is 7.32. The van der Waals surface area contributed by atoms with Crippen molar-refractivity contribution in [3.8, 4) is 5.75 Å². The lowest BCUT2D eigenvalue weighted by atomic mass is 9.98. The van der Waals surface area contributed by atoms with Crippen LogP contribution in [0.2, 0.25) is 0 Å². The molecule has 0 bridgehead atoms. The molecule has 0 aliphatic heterocycles. The van der Waals surface area contributed by atoms with Gasteiger partial charge in [0.15, 0.2) is 0 Å². The van der Waals surface area contributed by atoms with E-state index in [1.165, 1.54) is 36.2 Å². The molecule has 0 spiro atoms. The van der Waals surface area contributed by atoms with E-state index in [9.17, 15) is 9.18 Å². The number of carbonyl (C=O) groups excluding carboxylic acids is 1. The number of hydrogen-bond acceptors (Lipinski definition) is 7. The number of nitrogens with one attached hydrogen (secondary N) is 1. The van der Waals surface area contributed by atoms with Crippen LogP contribution in [0.25, 0.3) is 10.2 Å². The van der Waals surface area contributed by atoms with E-state index in [4.69, 9.17) is 9.47 Å². The number of rotatable bonds is 6. The number of fused-ring (bicyclic) bond motifs is 1. The van der Waals surface area contributed by atoms with E-state index in [-0.39, 0.29) is 17.9 Å². The molecule has 1 aromatic carbocycles. The highest BCUT2D eigenvalue weighted by Crippen LogP contribution is 2.37. The highest BCUT2D eigenvalue weighted by Gasteiger charge is 2.22. The number of anilines is 2. The first kappa shape index (κ1) is 20.5. The average molecular weight is 430 g/mol. The molecule has 3 aromatic rings. The molecule has 0 amide bonds. The minimum Gasteiger partial charge on any atom is -0.488 e. The van der Waals surface area contributed by atoms with Crippen LogP contribution >= 0.6 is 11.3 Å². The third-order valence-electron chi connectivity index (χ3n) is 5.23. The first-order valence-corrected chi connectivity index (χ1v) is 11.0. The van der Waals surface area contributed by atoms with Gasteiger partial charge in [0, 0.05) is 6.07 Å². The molecule has 2 heterocycles. The van der Waals surface area contributed by atoms with Gasteiger partial charge in [0.25, 0.3) is 0 Å². The van der Waals surface area contributed by atoms with Gasteiger partial charge >= 0.3 is 5.97 Å². The second-order valence-corrected chi connectivity index (χ2v) is 8.32. The Morgan fingerprint density at radius 1 is 1.27 bits per heavy atom. The largest absolute Gasteiger partial charge is 0.488 e. The molecule has 0 atom stereocenters. The molecule has 1 aliphatic carbocycles. The Bertz CT molecular complexity index is 1060. The summed E-state index contributed by atoms with van der Waals surface area (Å²) in [5.41, 5.74) is 1.39. The van der Waals surface area contributed by atoms with E-state index < -0.39 is 0 Å². The maximum Gasteiger partial charge on any atom is 0.348 e. The van der Waals surface area contributed by atoms with Gasteiger partial charge in [-0.05, 0) is 57.2 Å². The first-order valence-electron chi connectivity index (χ1n) is 10.2. The smallest absolute Gasteiger partial charge is 0.348 e. The predicted octanol–water partition coefficient (Wildman–Crippen LogP) is 5.77. The van der Waals surface area contributed by atoms with Crippen LogP contribution in [-0.4, -0.2) is 28.6 Å². The number of nitrogens with zero attached hydrogens (tertiary/aromatic N) is 2. The molecule has 1 aliphatic rings. The van der Waals surface area contributed by atoms with Crippen molar-refractivity contribution in [1.82, 2.24) is 9.97 Å². The van der Waals surface area contributed by atoms with E-state index in [0.717, 1.165) is 36.6 Å². The number of halogens is 1. The minimum atomic E-state index is -0.368. The van der Waals surface area contributed by atoms with Crippen molar-refractivity contribution in [3.63, 3.8) is 0 Å². The SMILES string of the molecule is CCOC(=O)c1sc2ncnc(Nc3ccc(F)cc3OC3CCCCC3)c2c1C. The fourth-order valence-electron chi connectivity index (χ4n) is 3.74. The Morgan fingerprint density at radius 3 is 2.83 bits per heavy atom. The zero-order chi connectivity index (χ0) is 21.1. The van der Waals surface area contributed by atoms with Crippen LogP contribution in [0.4, 0.5) is 15.9 Å². The zero-order valence-corrected chi connectivity index (χ0v) is 17.9. The molecule has 6 nitrogen and oxygen atoms in total. The zero-order valence-electron chi connectivity index (χ0n) is 17.0. The molecular formula is C22H24FN3O3S. The van der Waals surface area contributed by atoms with E-state index in [1.54, 1.807) is 13.0 Å². The van der Waals surface area contributed by atoms with Gasteiger partial charge in [-0.2, -0.15) is 0 Å². The molecule has 1 fully saturated rings. The highest BCUT2D eigenvalue weighted by molar-refractivity contribution is 7.20. The maximum atomic E-state index is 13.9. The number of aryl methyl sites for hydroxylation is 1. The summed E-state index contributed by atoms with van der Waals surface area (Å²) < 4.78 is 25.2. The van der Waals surface area contributed by atoms with Crippen molar-refractivity contribution in [2.75, 3.05) is 11.9 Å². The molecule has 30 heavy (non-hydrogen) atoms. The predicted molar refractivity (Wildman–Crippen MR) is 115 cm³/mol. The van der Waals surface area contributed by atoms with Gasteiger partial charge in [-0.3, -0.25) is 0 Å². The average Bonchev–Trinajstić information content (AvgIpc) is 3.09. The van der Waals surface area contributed by atoms with Crippen molar-refractivity contribution in [3.05, 3.63) is 40.8 Å². The lowest BCUT2D eigenvalue weighted by molar-refractivity contribution is 0.0531. The summed E-state index contributed by atoms with van der Waals surface area (Å²) in [6.07, 6.45) is 6.94. The van der Waals surface area contributed by atoms with Gasteiger partial charge in [-0.25, -0.2) is 19.2 Å². The number of carbonyl (C=O) groups is 1. The van der Waals surface area contributed by atoms with Crippen LogP contribution in [0.15, 0.2) is 24.5 Å². The fraction of sp³-hybridized carbons (Fsp3) is 0.409. The van der Waals surface area contributed by atoms with Crippen LogP contribution in [0, 0.1) is 12.7 Å². The summed E-state index contributed by atoms with van der Waals surface area (Å²) in [5, 5.41) is 4.02. The fourth-order valence-corrected chi connectivity index (χ4v) is 4.79. The third-order valence-corrected chi connectivity index (χ3v) is 6.41. The topological polar surface area (TPSA) is 73.3 Å². The van der Waals surface area contributed by atoms with Crippen LogP contribution in [0.1, 0.15) is 54.3 Å². The van der Waals surface area contributed by atoms with Gasteiger partial charge in [0.1, 0.15) is 33.4 Å². The summed E-state index contributed by atoms with van der Waals surface area (Å²) in [7, 11) is 0. The van der Waals surface area contributed by atoms with Crippen molar-refractivity contribution < 1.29 is 18.7 Å². The van der Waals surface area contributed by atoms with Gasteiger partial charge < -0.3 is 14.8 Å². The Labute approximate surface area is 178 Å². The van der Waals surface area contributed by atoms with Crippen molar-refractivity contribution >= 4 is 39.0 Å². The van der Waals surface area contributed by atoms with Crippen LogP contribution in [0.5, 0.6) is 5.75 Å². The van der Waals surface area contributed by atoms with E-state index in [2.05, 4.69) is 15.3 Å². The van der Waals surface area contributed by atoms with Crippen molar-refractivity contribution in [2.24, 2.45) is 0 Å². The summed E-state index contributed by atoms with van der Waals surface area (Å²) in [6.45, 7) is 3.93. The minimum absolute atomic E-state index is 0.0878. The first-order chi connectivity index (χ1) is 14.6.